The van der Waals surface area contributed by atoms with Crippen LogP contribution in [-0.2, 0) is 0 Å². The SMILES string of the molecule is C.C.CC.CC.CC.CC.Cc1ccc(C(C)C)cc1.Cc1cccc(C(C)C)c1. The van der Waals surface area contributed by atoms with Crippen molar-refractivity contribution in [3.05, 3.63) is 70.8 Å². The van der Waals surface area contributed by atoms with Crippen LogP contribution in [0, 0.1) is 13.8 Å². The van der Waals surface area contributed by atoms with E-state index >= 15 is 0 Å². The number of benzene rings is 2. The minimum absolute atomic E-state index is 0. The molecule has 0 unspecified atom stereocenters. The van der Waals surface area contributed by atoms with E-state index in [1.54, 1.807) is 0 Å². The summed E-state index contributed by atoms with van der Waals surface area (Å²) >= 11 is 0. The molecule has 0 fully saturated rings. The van der Waals surface area contributed by atoms with Gasteiger partial charge in [-0.1, -0.05) is 158 Å². The molecule has 180 valence electrons. The predicted octanol–water partition coefficient (Wildman–Crippen LogP) is 11.6. The highest BCUT2D eigenvalue weighted by atomic mass is 14.0. The van der Waals surface area contributed by atoms with Crippen molar-refractivity contribution < 1.29 is 0 Å². The molecule has 0 amide bonds. The van der Waals surface area contributed by atoms with Crippen LogP contribution in [0.2, 0.25) is 0 Å². The Morgan fingerprint density at radius 1 is 0.467 bits per heavy atom. The summed E-state index contributed by atoms with van der Waals surface area (Å²) in [5.74, 6) is 1.31. The summed E-state index contributed by atoms with van der Waals surface area (Å²) in [6, 6.07) is 17.4. The highest BCUT2D eigenvalue weighted by Crippen LogP contribution is 2.14. The van der Waals surface area contributed by atoms with Crippen molar-refractivity contribution in [1.29, 1.82) is 0 Å². The first-order chi connectivity index (χ1) is 13.4. The van der Waals surface area contributed by atoms with Gasteiger partial charge in [0.2, 0.25) is 0 Å². The Kier molecular flexibility index (Phi) is 45.5. The molecular weight excluding hydrogens is 360 g/mol. The first-order valence-corrected chi connectivity index (χ1v) is 11.5. The smallest absolute Gasteiger partial charge is 0.0219 e. The van der Waals surface area contributed by atoms with E-state index in [1.165, 1.54) is 22.3 Å². The first kappa shape index (κ1) is 42.5. The Labute approximate surface area is 194 Å². The van der Waals surface area contributed by atoms with Crippen LogP contribution in [-0.4, -0.2) is 0 Å². The highest BCUT2D eigenvalue weighted by Gasteiger charge is 1.96. The van der Waals surface area contributed by atoms with Gasteiger partial charge in [-0.05, 0) is 36.8 Å². The fourth-order valence-electron chi connectivity index (χ4n) is 1.98. The molecule has 0 radical (unpaired) electrons. The van der Waals surface area contributed by atoms with Gasteiger partial charge in [-0.3, -0.25) is 0 Å². The summed E-state index contributed by atoms with van der Waals surface area (Å²) in [5, 5.41) is 0. The molecule has 0 heteroatoms. The van der Waals surface area contributed by atoms with E-state index < -0.39 is 0 Å². The predicted molar refractivity (Wildman–Crippen MR) is 149 cm³/mol. The van der Waals surface area contributed by atoms with Crippen LogP contribution < -0.4 is 0 Å². The van der Waals surface area contributed by atoms with E-state index in [4.69, 9.17) is 0 Å². The minimum Gasteiger partial charge on any atom is -0.0776 e. The molecule has 0 spiro atoms. The number of hydrogen-bond donors (Lipinski definition) is 0. The molecular formula is C30H60. The zero-order valence-corrected chi connectivity index (χ0v) is 21.8. The van der Waals surface area contributed by atoms with Gasteiger partial charge >= 0.3 is 0 Å². The van der Waals surface area contributed by atoms with Gasteiger partial charge in [-0.15, -0.1) is 0 Å². The van der Waals surface area contributed by atoms with Crippen molar-refractivity contribution in [3.8, 4) is 0 Å². The monoisotopic (exact) mass is 420 g/mol. The fourth-order valence-corrected chi connectivity index (χ4v) is 1.98. The molecule has 0 aromatic heterocycles. The van der Waals surface area contributed by atoms with Crippen molar-refractivity contribution >= 4 is 0 Å². The maximum absolute atomic E-state index is 2.24. The molecule has 0 aliphatic heterocycles. The third-order valence-electron chi connectivity index (χ3n) is 3.45. The number of hydrogen-bond acceptors (Lipinski definition) is 0. The Morgan fingerprint density at radius 2 is 0.833 bits per heavy atom. The molecule has 2 rings (SSSR count). The maximum Gasteiger partial charge on any atom is -0.0219 e. The molecule has 0 nitrogen and oxygen atoms in total. The molecule has 0 heterocycles. The van der Waals surface area contributed by atoms with E-state index in [2.05, 4.69) is 90.1 Å². The van der Waals surface area contributed by atoms with E-state index in [-0.39, 0.29) is 14.9 Å². The summed E-state index contributed by atoms with van der Waals surface area (Å²) < 4.78 is 0. The quantitative estimate of drug-likeness (QED) is 0.453. The van der Waals surface area contributed by atoms with Crippen molar-refractivity contribution in [3.63, 3.8) is 0 Å². The van der Waals surface area contributed by atoms with Gasteiger partial charge in [0.05, 0.1) is 0 Å². The van der Waals surface area contributed by atoms with Crippen LogP contribution >= 0.6 is 0 Å². The lowest BCUT2D eigenvalue weighted by molar-refractivity contribution is 0.865. The average Bonchev–Trinajstić information content (AvgIpc) is 2.75. The van der Waals surface area contributed by atoms with Gasteiger partial charge in [0.15, 0.2) is 0 Å². The lowest BCUT2D eigenvalue weighted by atomic mass is 10.0. The van der Waals surface area contributed by atoms with Crippen LogP contribution in [0.15, 0.2) is 48.5 Å². The van der Waals surface area contributed by atoms with E-state index in [0.717, 1.165) is 0 Å². The van der Waals surface area contributed by atoms with Crippen LogP contribution in [0.1, 0.15) is 132 Å². The van der Waals surface area contributed by atoms with Crippen molar-refractivity contribution in [1.82, 2.24) is 0 Å². The third kappa shape index (κ3) is 24.5. The number of rotatable bonds is 2. The molecule has 0 aliphatic rings. The Morgan fingerprint density at radius 3 is 1.10 bits per heavy atom. The molecule has 0 bridgehead atoms. The lowest BCUT2D eigenvalue weighted by Crippen LogP contribution is -1.86. The van der Waals surface area contributed by atoms with Gasteiger partial charge in [0.1, 0.15) is 0 Å². The van der Waals surface area contributed by atoms with Crippen molar-refractivity contribution in [2.75, 3.05) is 0 Å². The topological polar surface area (TPSA) is 0 Å². The van der Waals surface area contributed by atoms with E-state index in [0.29, 0.717) is 11.8 Å². The molecule has 30 heavy (non-hydrogen) atoms. The van der Waals surface area contributed by atoms with Crippen LogP contribution in [0.4, 0.5) is 0 Å². The van der Waals surface area contributed by atoms with Crippen LogP contribution in [0.3, 0.4) is 0 Å². The summed E-state index contributed by atoms with van der Waals surface area (Å²) in [5.41, 5.74) is 5.54. The first-order valence-electron chi connectivity index (χ1n) is 11.5. The highest BCUT2D eigenvalue weighted by molar-refractivity contribution is 5.24. The van der Waals surface area contributed by atoms with Gasteiger partial charge in [-0.25, -0.2) is 0 Å². The Bertz CT molecular complexity index is 504. The minimum atomic E-state index is 0. The van der Waals surface area contributed by atoms with Gasteiger partial charge in [-0.2, -0.15) is 0 Å². The molecule has 0 N–H and O–H groups in total. The number of aryl methyl sites for hydroxylation is 2. The lowest BCUT2D eigenvalue weighted by Gasteiger charge is -2.04. The van der Waals surface area contributed by atoms with E-state index in [9.17, 15) is 0 Å². The second kappa shape index (κ2) is 32.1. The molecule has 2 aromatic rings. The summed E-state index contributed by atoms with van der Waals surface area (Å²) in [4.78, 5) is 0. The summed E-state index contributed by atoms with van der Waals surface area (Å²) in [6.07, 6.45) is 0. The molecule has 2 aromatic carbocycles. The average molecular weight is 421 g/mol. The normalized spacial score (nSPS) is 7.73. The standard InChI is InChI=1S/2C10H14.4C2H6.2CH4/c1-8(2)10-6-4-9(3)5-7-10;1-8(2)10-6-4-5-9(3)7-10;4*1-2;;/h2*4-8H,1-3H3;4*1-2H3;2*1H4. The fraction of sp³-hybridized carbons (Fsp3) is 0.600. The largest absolute Gasteiger partial charge is 0.0776 e. The second-order valence-corrected chi connectivity index (χ2v) is 6.13. The van der Waals surface area contributed by atoms with Crippen LogP contribution in [0.5, 0.6) is 0 Å². The Balaban J connectivity index is -0.0000000686. The second-order valence-electron chi connectivity index (χ2n) is 6.13. The summed E-state index contributed by atoms with van der Waals surface area (Å²) in [7, 11) is 0. The molecule has 0 atom stereocenters. The molecule has 0 saturated carbocycles. The van der Waals surface area contributed by atoms with Crippen molar-refractivity contribution in [2.45, 2.75) is 124 Å². The zero-order chi connectivity index (χ0) is 23.1. The van der Waals surface area contributed by atoms with Gasteiger partial charge in [0.25, 0.3) is 0 Å². The maximum atomic E-state index is 2.24. The van der Waals surface area contributed by atoms with Gasteiger partial charge < -0.3 is 0 Å². The van der Waals surface area contributed by atoms with E-state index in [1.807, 2.05) is 55.4 Å². The summed E-state index contributed by atoms with van der Waals surface area (Å²) in [6.45, 7) is 29.1. The zero-order valence-electron chi connectivity index (χ0n) is 21.8. The third-order valence-corrected chi connectivity index (χ3v) is 3.45. The Hall–Kier alpha value is -1.56. The van der Waals surface area contributed by atoms with Gasteiger partial charge in [0, 0.05) is 0 Å². The van der Waals surface area contributed by atoms with Crippen molar-refractivity contribution in [2.24, 2.45) is 0 Å². The van der Waals surface area contributed by atoms with Crippen LogP contribution in [0.25, 0.3) is 0 Å². The molecule has 0 saturated heterocycles. The molecule has 0 aliphatic carbocycles.